The summed E-state index contributed by atoms with van der Waals surface area (Å²) < 4.78 is 40.8. The first kappa shape index (κ1) is 30.6. The molecule has 2 amide bonds. The minimum absolute atomic E-state index is 0.165. The number of aliphatic imine (C=N–C) groups is 1. The van der Waals surface area contributed by atoms with Crippen molar-refractivity contribution in [3.63, 3.8) is 0 Å². The highest BCUT2D eigenvalue weighted by atomic mass is 19.4. The summed E-state index contributed by atoms with van der Waals surface area (Å²) in [6.07, 6.45) is -3.25. The van der Waals surface area contributed by atoms with Crippen LogP contribution in [0.5, 0.6) is 5.75 Å². The van der Waals surface area contributed by atoms with E-state index in [2.05, 4.69) is 26.9 Å². The second-order valence-corrected chi connectivity index (χ2v) is 7.95. The number of primary amides is 1. The van der Waals surface area contributed by atoms with Gasteiger partial charge in [-0.15, -0.1) is 13.2 Å². The Morgan fingerprint density at radius 2 is 1.64 bits per heavy atom. The van der Waals surface area contributed by atoms with Crippen LogP contribution >= 0.6 is 0 Å². The maximum atomic E-state index is 12.6. The number of hydrogen-bond donors (Lipinski definition) is 3. The average Bonchev–Trinajstić information content (AvgIpc) is 2.89. The molecule has 0 heterocycles. The molecule has 3 aromatic carbocycles. The van der Waals surface area contributed by atoms with Gasteiger partial charge in [0.15, 0.2) is 0 Å². The highest BCUT2D eigenvalue weighted by Gasteiger charge is 2.31. The number of carbonyl (C=O) groups is 2. The van der Waals surface area contributed by atoms with Gasteiger partial charge in [-0.2, -0.15) is 0 Å². The quantitative estimate of drug-likeness (QED) is 0.254. The summed E-state index contributed by atoms with van der Waals surface area (Å²) in [4.78, 5) is 28.7. The number of amides is 2. The van der Waals surface area contributed by atoms with Crippen molar-refractivity contribution < 1.29 is 27.5 Å². The molecule has 0 fully saturated rings. The first-order valence-electron chi connectivity index (χ1n) is 12.1. The van der Waals surface area contributed by atoms with Crippen LogP contribution in [-0.2, 0) is 0 Å². The lowest BCUT2D eigenvalue weighted by Gasteiger charge is -2.20. The number of nitrogens with zero attached hydrogens (tertiary/aromatic N) is 1. The van der Waals surface area contributed by atoms with Gasteiger partial charge in [-0.25, -0.2) is 0 Å². The Bertz CT molecular complexity index is 1340. The number of alkyl halides is 3. The van der Waals surface area contributed by atoms with Crippen LogP contribution in [0.2, 0.25) is 0 Å². The predicted molar refractivity (Wildman–Crippen MR) is 148 cm³/mol. The van der Waals surface area contributed by atoms with Gasteiger partial charge in [0, 0.05) is 34.8 Å². The van der Waals surface area contributed by atoms with Crippen LogP contribution in [0.3, 0.4) is 0 Å². The Morgan fingerprint density at radius 1 is 1.03 bits per heavy atom. The van der Waals surface area contributed by atoms with Crippen molar-refractivity contribution in [2.45, 2.75) is 40.1 Å². The summed E-state index contributed by atoms with van der Waals surface area (Å²) >= 11 is 0. The van der Waals surface area contributed by atoms with Gasteiger partial charge >= 0.3 is 6.36 Å². The van der Waals surface area contributed by atoms with Crippen molar-refractivity contribution in [2.24, 2.45) is 10.7 Å². The van der Waals surface area contributed by atoms with Crippen molar-refractivity contribution in [1.29, 1.82) is 0 Å². The first-order valence-corrected chi connectivity index (χ1v) is 12.1. The third kappa shape index (κ3) is 8.74. The molecular weight excluding hydrogens is 509 g/mol. The van der Waals surface area contributed by atoms with Crippen LogP contribution < -0.4 is 21.1 Å². The van der Waals surface area contributed by atoms with E-state index in [0.717, 1.165) is 17.7 Å². The van der Waals surface area contributed by atoms with Gasteiger partial charge in [0.2, 0.25) is 0 Å². The van der Waals surface area contributed by atoms with Gasteiger partial charge in [-0.1, -0.05) is 44.7 Å². The fourth-order valence-corrected chi connectivity index (χ4v) is 3.57. The molecule has 0 spiro atoms. The number of hydrogen-bond acceptors (Lipinski definition) is 5. The molecule has 0 aliphatic carbocycles. The predicted octanol–water partition coefficient (Wildman–Crippen LogP) is 7.01. The number of para-hydroxylation sites is 1. The van der Waals surface area contributed by atoms with Crippen molar-refractivity contribution in [2.75, 3.05) is 5.32 Å². The molecule has 39 heavy (non-hydrogen) atoms. The number of carbonyl (C=O) groups excluding carboxylic acids is 2. The smallest absolute Gasteiger partial charge is 0.406 e. The summed E-state index contributed by atoms with van der Waals surface area (Å²) in [6, 6.07) is 16.5. The number of benzene rings is 3. The fourth-order valence-electron chi connectivity index (χ4n) is 3.57. The van der Waals surface area contributed by atoms with Crippen LogP contribution in [0.15, 0.2) is 78.3 Å². The molecule has 3 rings (SSSR count). The van der Waals surface area contributed by atoms with Crippen molar-refractivity contribution in [3.05, 3.63) is 95.6 Å². The molecule has 0 saturated heterocycles. The van der Waals surface area contributed by atoms with Crippen LogP contribution in [0, 0.1) is 0 Å². The fraction of sp³-hybridized carbons (Fsp3) is 0.207. The molecular formula is C29H31F3N4O3. The van der Waals surface area contributed by atoms with E-state index in [0.29, 0.717) is 22.6 Å². The molecule has 0 radical (unpaired) electrons. The Labute approximate surface area is 225 Å². The second-order valence-electron chi connectivity index (χ2n) is 7.95. The largest absolute Gasteiger partial charge is 0.573 e. The lowest BCUT2D eigenvalue weighted by atomic mass is 10.0. The molecule has 0 aliphatic rings. The van der Waals surface area contributed by atoms with Crippen molar-refractivity contribution in [3.8, 4) is 5.75 Å². The topological polar surface area (TPSA) is 106 Å². The molecule has 1 unspecified atom stereocenters. The van der Waals surface area contributed by atoms with Gasteiger partial charge in [-0.3, -0.25) is 14.6 Å². The molecule has 1 atom stereocenters. The molecule has 3 aromatic rings. The number of nitrogens with one attached hydrogen (secondary N) is 2. The van der Waals surface area contributed by atoms with E-state index in [1.54, 1.807) is 49.5 Å². The highest BCUT2D eigenvalue weighted by Crippen LogP contribution is 2.30. The van der Waals surface area contributed by atoms with E-state index < -0.39 is 23.9 Å². The zero-order valence-electron chi connectivity index (χ0n) is 22.1. The Hall–Kier alpha value is -4.60. The SMILES string of the molecule is C=C(NC(C)c1cccc(NC(=O)c2ccc(OC(F)(F)F)cc2)c1)c1cccc(C(N)=O)c1N=CC.CC. The average molecular weight is 541 g/mol. The van der Waals surface area contributed by atoms with Crippen LogP contribution in [-0.4, -0.2) is 24.4 Å². The van der Waals surface area contributed by atoms with Gasteiger partial charge in [-0.05, 0) is 61.9 Å². The minimum Gasteiger partial charge on any atom is -0.406 e. The van der Waals surface area contributed by atoms with E-state index in [1.807, 2.05) is 26.8 Å². The molecule has 206 valence electrons. The molecule has 0 aliphatic heterocycles. The molecule has 10 heteroatoms. The summed E-state index contributed by atoms with van der Waals surface area (Å²) in [7, 11) is 0. The van der Waals surface area contributed by atoms with Gasteiger partial charge in [0.1, 0.15) is 5.75 Å². The summed E-state index contributed by atoms with van der Waals surface area (Å²) in [6.45, 7) is 11.7. The third-order valence-electron chi connectivity index (χ3n) is 5.27. The lowest BCUT2D eigenvalue weighted by molar-refractivity contribution is -0.274. The lowest BCUT2D eigenvalue weighted by Crippen LogP contribution is -2.18. The Morgan fingerprint density at radius 3 is 2.23 bits per heavy atom. The number of ether oxygens (including phenoxy) is 1. The van der Waals surface area contributed by atoms with Crippen LogP contribution in [0.25, 0.3) is 5.70 Å². The minimum atomic E-state index is -4.81. The van der Waals surface area contributed by atoms with E-state index in [-0.39, 0.29) is 17.2 Å². The van der Waals surface area contributed by atoms with Crippen molar-refractivity contribution >= 4 is 35.1 Å². The molecule has 0 saturated carbocycles. The van der Waals surface area contributed by atoms with Gasteiger partial charge < -0.3 is 21.1 Å². The zero-order valence-corrected chi connectivity index (χ0v) is 22.1. The standard InChI is InChI=1S/C27H25F3N4O3.C2H6/c1-4-32-24-22(9-6-10-23(24)25(31)35)17(3)33-16(2)19-7-5-8-20(15-19)34-26(36)18-11-13-21(14-12-18)37-27(28,29)30;1-2/h4-16,33H,3H2,1-2H3,(H2,31,35)(H,34,36);1-2H3. The van der Waals surface area contributed by atoms with E-state index in [4.69, 9.17) is 5.73 Å². The van der Waals surface area contributed by atoms with Crippen LogP contribution in [0.4, 0.5) is 24.5 Å². The summed E-state index contributed by atoms with van der Waals surface area (Å²) in [5, 5.41) is 6.00. The normalized spacial score (nSPS) is 11.7. The number of halogens is 3. The van der Waals surface area contributed by atoms with Gasteiger partial charge in [0.25, 0.3) is 11.8 Å². The number of nitrogens with two attached hydrogens (primary N) is 1. The van der Waals surface area contributed by atoms with Crippen LogP contribution in [0.1, 0.15) is 65.6 Å². The molecule has 4 N–H and O–H groups in total. The zero-order chi connectivity index (χ0) is 29.2. The second kappa shape index (κ2) is 13.8. The number of anilines is 1. The monoisotopic (exact) mass is 540 g/mol. The van der Waals surface area contributed by atoms with Gasteiger partial charge in [0.05, 0.1) is 11.3 Å². The maximum absolute atomic E-state index is 12.6. The number of rotatable bonds is 9. The molecule has 0 bridgehead atoms. The Balaban J connectivity index is 0.00000260. The van der Waals surface area contributed by atoms with E-state index in [1.165, 1.54) is 12.1 Å². The maximum Gasteiger partial charge on any atom is 0.573 e. The third-order valence-corrected chi connectivity index (χ3v) is 5.27. The van der Waals surface area contributed by atoms with E-state index >= 15 is 0 Å². The van der Waals surface area contributed by atoms with E-state index in [9.17, 15) is 22.8 Å². The first-order chi connectivity index (χ1) is 18.5. The molecule has 0 aromatic heterocycles. The Kier molecular flexibility index (Phi) is 10.8. The van der Waals surface area contributed by atoms with Crippen molar-refractivity contribution in [1.82, 2.24) is 5.32 Å². The highest BCUT2D eigenvalue weighted by molar-refractivity contribution is 6.04. The summed E-state index contributed by atoms with van der Waals surface area (Å²) in [5.74, 6) is -1.51. The molecule has 7 nitrogen and oxygen atoms in total. The summed E-state index contributed by atoms with van der Waals surface area (Å²) in [5.41, 5.74) is 8.78.